The number of hydrogen-bond donors (Lipinski definition) is 0. The minimum absolute atomic E-state index is 0.117. The van der Waals surface area contributed by atoms with Crippen molar-refractivity contribution in [3.05, 3.63) is 134 Å². The van der Waals surface area contributed by atoms with Gasteiger partial charge in [0.2, 0.25) is 0 Å². The fourth-order valence-corrected chi connectivity index (χ4v) is 6.78. The van der Waals surface area contributed by atoms with Gasteiger partial charge in [0, 0.05) is 12.8 Å². The zero-order valence-electron chi connectivity index (χ0n) is 42.9. The van der Waals surface area contributed by atoms with Crippen LogP contribution >= 0.6 is 0 Å². The molecule has 0 aliphatic heterocycles. The molecule has 1 unspecified atom stereocenters. The first-order valence-electron chi connectivity index (χ1n) is 26.7. The van der Waals surface area contributed by atoms with E-state index in [1.807, 2.05) is 6.08 Å². The lowest BCUT2D eigenvalue weighted by Gasteiger charge is -2.18. The lowest BCUT2D eigenvalue weighted by Crippen LogP contribution is -2.30. The van der Waals surface area contributed by atoms with Crippen LogP contribution in [0.1, 0.15) is 213 Å². The van der Waals surface area contributed by atoms with Gasteiger partial charge in [-0.2, -0.15) is 0 Å². The fourth-order valence-electron chi connectivity index (χ4n) is 6.78. The van der Waals surface area contributed by atoms with Crippen LogP contribution in [0, 0.1) is 0 Å². The quantitative estimate of drug-likeness (QED) is 0.0262. The van der Waals surface area contributed by atoms with E-state index < -0.39 is 12.1 Å². The normalized spacial score (nSPS) is 13.2. The Labute approximate surface area is 411 Å². The number of ether oxygens (including phenoxy) is 3. The summed E-state index contributed by atoms with van der Waals surface area (Å²) in [5, 5.41) is 0. The van der Waals surface area contributed by atoms with E-state index in [4.69, 9.17) is 14.2 Å². The maximum atomic E-state index is 12.8. The van der Waals surface area contributed by atoms with E-state index in [1.54, 1.807) is 6.08 Å². The van der Waals surface area contributed by atoms with E-state index in [-0.39, 0.29) is 38.0 Å². The van der Waals surface area contributed by atoms with Crippen LogP contribution in [0.2, 0.25) is 0 Å². The summed E-state index contributed by atoms with van der Waals surface area (Å²) in [6.45, 7) is 6.18. The number of unbranched alkanes of at least 4 members (excludes halogenated alkanes) is 14. The van der Waals surface area contributed by atoms with Gasteiger partial charge in [-0.1, -0.05) is 219 Å². The molecule has 0 saturated carbocycles. The van der Waals surface area contributed by atoms with Gasteiger partial charge >= 0.3 is 17.9 Å². The Morgan fingerprint density at radius 1 is 0.313 bits per heavy atom. The molecule has 0 bridgehead atoms. The molecular weight excluding hydrogens is 829 g/mol. The highest BCUT2D eigenvalue weighted by Gasteiger charge is 2.19. The van der Waals surface area contributed by atoms with E-state index in [2.05, 4.69) is 142 Å². The van der Waals surface area contributed by atoms with E-state index in [9.17, 15) is 14.4 Å². The van der Waals surface area contributed by atoms with Crippen LogP contribution in [0.25, 0.3) is 0 Å². The minimum atomic E-state index is -0.832. The Kier molecular flexibility index (Phi) is 50.6. The van der Waals surface area contributed by atoms with Crippen LogP contribution in [0.3, 0.4) is 0 Å². The Morgan fingerprint density at radius 2 is 0.597 bits per heavy atom. The smallest absolute Gasteiger partial charge is 0.309 e. The predicted octanol–water partition coefficient (Wildman–Crippen LogP) is 17.9. The summed E-state index contributed by atoms with van der Waals surface area (Å²) in [5.41, 5.74) is 0. The highest BCUT2D eigenvalue weighted by molar-refractivity contribution is 5.72. The van der Waals surface area contributed by atoms with Crippen molar-refractivity contribution in [2.45, 2.75) is 219 Å². The van der Waals surface area contributed by atoms with Crippen LogP contribution in [0.4, 0.5) is 0 Å². The molecule has 0 heterocycles. The molecule has 0 aromatic carbocycles. The number of carbonyl (C=O) groups is 3. The molecule has 6 nitrogen and oxygen atoms in total. The number of allylic oxidation sites excluding steroid dienone is 21. The van der Waals surface area contributed by atoms with Gasteiger partial charge in [-0.15, -0.1) is 0 Å². The topological polar surface area (TPSA) is 78.9 Å². The predicted molar refractivity (Wildman–Crippen MR) is 288 cm³/mol. The van der Waals surface area contributed by atoms with Crippen LogP contribution in [0.5, 0.6) is 0 Å². The van der Waals surface area contributed by atoms with E-state index in [1.165, 1.54) is 44.9 Å². The zero-order valence-corrected chi connectivity index (χ0v) is 42.9. The first-order valence-corrected chi connectivity index (χ1v) is 26.7. The summed E-state index contributed by atoms with van der Waals surface area (Å²) in [7, 11) is 0. The summed E-state index contributed by atoms with van der Waals surface area (Å²) >= 11 is 0. The molecule has 0 radical (unpaired) electrons. The molecule has 0 aromatic heterocycles. The highest BCUT2D eigenvalue weighted by atomic mass is 16.6. The van der Waals surface area contributed by atoms with Gasteiger partial charge < -0.3 is 14.2 Å². The van der Waals surface area contributed by atoms with Gasteiger partial charge in [-0.3, -0.25) is 14.4 Å². The number of carbonyl (C=O) groups excluding carboxylic acids is 3. The average molecular weight is 925 g/mol. The summed E-state index contributed by atoms with van der Waals surface area (Å²) in [6.07, 6.45) is 76.0. The third kappa shape index (κ3) is 52.4. The standard InChI is InChI=1S/C61H96O6/c1-4-7-10-13-16-19-22-25-28-30-33-36-39-42-45-48-51-54-60(63)66-57-58(56-65-59(62)53-50-47-44-41-38-35-32-27-24-21-18-15-12-9-6-3)67-61(64)55-52-49-46-43-40-37-34-31-29-26-23-20-17-14-11-8-5-2/h7-12,16-21,25-29,32,38,41,47,50,58H,4-6,13-15,22-24,30-31,33-37,39-40,42-46,48-49,51-57H2,1-3H3/b10-7-,11-8-,12-9-,19-16-,20-17-,21-18-,28-25-,29-26-,32-27-,41-38-,50-47-. The van der Waals surface area contributed by atoms with Gasteiger partial charge in [0.1, 0.15) is 13.2 Å². The molecule has 0 aliphatic carbocycles. The Morgan fingerprint density at radius 3 is 0.970 bits per heavy atom. The second kappa shape index (κ2) is 54.2. The maximum Gasteiger partial charge on any atom is 0.309 e. The van der Waals surface area contributed by atoms with Crippen molar-refractivity contribution >= 4 is 17.9 Å². The van der Waals surface area contributed by atoms with Gasteiger partial charge in [0.15, 0.2) is 6.10 Å². The number of rotatable bonds is 46. The van der Waals surface area contributed by atoms with Crippen molar-refractivity contribution < 1.29 is 28.6 Å². The molecule has 6 heteroatoms. The monoisotopic (exact) mass is 925 g/mol. The molecule has 0 spiro atoms. The van der Waals surface area contributed by atoms with Crippen molar-refractivity contribution in [1.82, 2.24) is 0 Å². The van der Waals surface area contributed by atoms with Crippen molar-refractivity contribution in [2.75, 3.05) is 13.2 Å². The molecule has 1 atom stereocenters. The lowest BCUT2D eigenvalue weighted by atomic mass is 10.1. The average Bonchev–Trinajstić information content (AvgIpc) is 3.33. The van der Waals surface area contributed by atoms with Crippen molar-refractivity contribution in [1.29, 1.82) is 0 Å². The minimum Gasteiger partial charge on any atom is -0.462 e. The SMILES string of the molecule is CC/C=C\C/C=C\C/C=C\C/C=C\C/C=C\CC(=O)OCC(COC(=O)CCCCCCCCC/C=C\C/C=C\C/C=C\CC)OC(=O)CCCCCCCCC/C=C\C/C=C\C/C=C\CC. The van der Waals surface area contributed by atoms with Gasteiger partial charge in [0.05, 0.1) is 6.42 Å². The van der Waals surface area contributed by atoms with E-state index in [0.29, 0.717) is 6.42 Å². The molecular formula is C61H96O6. The molecule has 0 aromatic rings. The lowest BCUT2D eigenvalue weighted by molar-refractivity contribution is -0.166. The molecule has 376 valence electrons. The molecule has 0 aliphatic rings. The Hall–Kier alpha value is -4.45. The summed E-state index contributed by atoms with van der Waals surface area (Å²) < 4.78 is 16.7. The van der Waals surface area contributed by atoms with Crippen molar-refractivity contribution in [3.8, 4) is 0 Å². The summed E-state index contributed by atoms with van der Waals surface area (Å²) in [4.78, 5) is 38.0. The van der Waals surface area contributed by atoms with Crippen LogP contribution in [-0.4, -0.2) is 37.2 Å². The molecule has 0 N–H and O–H groups in total. The van der Waals surface area contributed by atoms with Gasteiger partial charge in [-0.25, -0.2) is 0 Å². The van der Waals surface area contributed by atoms with E-state index in [0.717, 1.165) is 128 Å². The summed E-state index contributed by atoms with van der Waals surface area (Å²) in [6, 6.07) is 0. The first-order chi connectivity index (χ1) is 33.0. The van der Waals surface area contributed by atoms with Crippen molar-refractivity contribution in [3.63, 3.8) is 0 Å². The van der Waals surface area contributed by atoms with Crippen molar-refractivity contribution in [2.24, 2.45) is 0 Å². The third-order valence-corrected chi connectivity index (χ3v) is 10.7. The Bertz CT molecular complexity index is 1480. The van der Waals surface area contributed by atoms with Crippen LogP contribution in [0.15, 0.2) is 134 Å². The Balaban J connectivity index is 4.55. The molecule has 0 saturated heterocycles. The largest absolute Gasteiger partial charge is 0.462 e. The zero-order chi connectivity index (χ0) is 48.6. The third-order valence-electron chi connectivity index (χ3n) is 10.7. The second-order valence-corrected chi connectivity index (χ2v) is 17.0. The fraction of sp³-hybridized carbons (Fsp3) is 0.590. The van der Waals surface area contributed by atoms with Crippen LogP contribution in [-0.2, 0) is 28.6 Å². The number of hydrogen-bond acceptors (Lipinski definition) is 6. The number of esters is 3. The molecule has 0 fully saturated rings. The highest BCUT2D eigenvalue weighted by Crippen LogP contribution is 2.13. The van der Waals surface area contributed by atoms with Crippen LogP contribution < -0.4 is 0 Å². The molecule has 67 heavy (non-hydrogen) atoms. The second-order valence-electron chi connectivity index (χ2n) is 17.0. The summed E-state index contributed by atoms with van der Waals surface area (Å²) in [5.74, 6) is -1.08. The first kappa shape index (κ1) is 62.5. The molecule has 0 rings (SSSR count). The van der Waals surface area contributed by atoms with Gasteiger partial charge in [0.25, 0.3) is 0 Å². The maximum absolute atomic E-state index is 12.8. The van der Waals surface area contributed by atoms with E-state index >= 15 is 0 Å². The molecule has 0 amide bonds. The van der Waals surface area contributed by atoms with Gasteiger partial charge in [-0.05, 0) is 109 Å².